The summed E-state index contributed by atoms with van der Waals surface area (Å²) >= 11 is 6.08. The lowest BCUT2D eigenvalue weighted by Gasteiger charge is -2.09. The van der Waals surface area contributed by atoms with Crippen molar-refractivity contribution in [1.82, 2.24) is 9.55 Å². The Bertz CT molecular complexity index is 773. The first-order valence-electron chi connectivity index (χ1n) is 7.04. The van der Waals surface area contributed by atoms with E-state index in [4.69, 9.17) is 17.3 Å². The number of nitrogen functional groups attached to an aromatic ring is 1. The van der Waals surface area contributed by atoms with Gasteiger partial charge in [-0.25, -0.2) is 4.98 Å². The summed E-state index contributed by atoms with van der Waals surface area (Å²) in [5, 5.41) is 0.693. The van der Waals surface area contributed by atoms with Crippen molar-refractivity contribution in [2.75, 3.05) is 5.73 Å². The molecule has 2 N–H and O–H groups in total. The van der Waals surface area contributed by atoms with Gasteiger partial charge in [-0.2, -0.15) is 0 Å². The Morgan fingerprint density at radius 1 is 1.14 bits per heavy atom. The Morgan fingerprint density at radius 2 is 1.86 bits per heavy atom. The third-order valence-corrected chi connectivity index (χ3v) is 3.96. The number of aromatic nitrogens is 2. The van der Waals surface area contributed by atoms with Gasteiger partial charge in [0.15, 0.2) is 0 Å². The van der Waals surface area contributed by atoms with E-state index in [-0.39, 0.29) is 0 Å². The molecule has 1 heterocycles. The van der Waals surface area contributed by atoms with Crippen molar-refractivity contribution in [2.24, 2.45) is 0 Å². The van der Waals surface area contributed by atoms with Gasteiger partial charge in [0.05, 0.1) is 17.6 Å². The second-order valence-corrected chi connectivity index (χ2v) is 6.02. The molecule has 0 aliphatic rings. The summed E-state index contributed by atoms with van der Waals surface area (Å²) in [6.45, 7) is 5.08. The maximum atomic E-state index is 6.08. The SMILES string of the molecule is CC(C)c1ccc(Cn2c(N)nc3ccc(Cl)cc32)cc1. The van der Waals surface area contributed by atoms with E-state index < -0.39 is 0 Å². The predicted molar refractivity (Wildman–Crippen MR) is 88.8 cm³/mol. The summed E-state index contributed by atoms with van der Waals surface area (Å²) in [5.74, 6) is 1.05. The number of hydrogen-bond donors (Lipinski definition) is 1. The molecular formula is C17H18ClN3. The molecule has 0 saturated heterocycles. The molecule has 0 fully saturated rings. The van der Waals surface area contributed by atoms with Gasteiger partial charge >= 0.3 is 0 Å². The molecular weight excluding hydrogens is 282 g/mol. The topological polar surface area (TPSA) is 43.8 Å². The Labute approximate surface area is 129 Å². The smallest absolute Gasteiger partial charge is 0.201 e. The van der Waals surface area contributed by atoms with E-state index in [0.29, 0.717) is 23.4 Å². The van der Waals surface area contributed by atoms with Crippen molar-refractivity contribution < 1.29 is 0 Å². The molecule has 2 aromatic carbocycles. The van der Waals surface area contributed by atoms with Crippen LogP contribution in [-0.2, 0) is 6.54 Å². The Kier molecular flexibility index (Phi) is 3.60. The Hall–Kier alpha value is -2.00. The minimum absolute atomic E-state index is 0.514. The van der Waals surface area contributed by atoms with E-state index in [1.165, 1.54) is 11.1 Å². The molecule has 3 rings (SSSR count). The van der Waals surface area contributed by atoms with E-state index in [1.54, 1.807) is 0 Å². The highest BCUT2D eigenvalue weighted by Crippen LogP contribution is 2.23. The molecule has 0 radical (unpaired) electrons. The van der Waals surface area contributed by atoms with Crippen LogP contribution in [0.2, 0.25) is 5.02 Å². The van der Waals surface area contributed by atoms with E-state index >= 15 is 0 Å². The van der Waals surface area contributed by atoms with E-state index in [9.17, 15) is 0 Å². The van der Waals surface area contributed by atoms with Crippen LogP contribution in [0.25, 0.3) is 11.0 Å². The maximum absolute atomic E-state index is 6.08. The number of hydrogen-bond acceptors (Lipinski definition) is 2. The molecule has 4 heteroatoms. The normalized spacial score (nSPS) is 11.4. The predicted octanol–water partition coefficient (Wildman–Crippen LogP) is 4.44. The number of nitrogens with zero attached hydrogens (tertiary/aromatic N) is 2. The summed E-state index contributed by atoms with van der Waals surface area (Å²) in [4.78, 5) is 4.38. The molecule has 1 aromatic heterocycles. The number of halogens is 1. The van der Waals surface area contributed by atoms with Crippen molar-refractivity contribution in [1.29, 1.82) is 0 Å². The van der Waals surface area contributed by atoms with Crippen LogP contribution >= 0.6 is 11.6 Å². The first-order chi connectivity index (χ1) is 10.0. The van der Waals surface area contributed by atoms with Crippen LogP contribution in [0.3, 0.4) is 0 Å². The zero-order chi connectivity index (χ0) is 15.0. The molecule has 3 nitrogen and oxygen atoms in total. The lowest BCUT2D eigenvalue weighted by molar-refractivity contribution is 0.830. The van der Waals surface area contributed by atoms with Gasteiger partial charge in [0.2, 0.25) is 5.95 Å². The second-order valence-electron chi connectivity index (χ2n) is 5.59. The molecule has 108 valence electrons. The third kappa shape index (κ3) is 2.74. The van der Waals surface area contributed by atoms with Gasteiger partial charge in [-0.05, 0) is 35.2 Å². The van der Waals surface area contributed by atoms with Crippen molar-refractivity contribution >= 4 is 28.6 Å². The molecule has 0 atom stereocenters. The van der Waals surface area contributed by atoms with E-state index in [0.717, 1.165) is 11.0 Å². The van der Waals surface area contributed by atoms with Crippen molar-refractivity contribution in [3.8, 4) is 0 Å². The zero-order valence-electron chi connectivity index (χ0n) is 12.2. The van der Waals surface area contributed by atoms with Gasteiger partial charge in [-0.3, -0.25) is 0 Å². The number of benzene rings is 2. The summed E-state index contributed by atoms with van der Waals surface area (Å²) < 4.78 is 1.99. The molecule has 0 amide bonds. The first-order valence-corrected chi connectivity index (χ1v) is 7.42. The van der Waals surface area contributed by atoms with Gasteiger partial charge in [-0.15, -0.1) is 0 Å². The molecule has 0 saturated carbocycles. The van der Waals surface area contributed by atoms with Gasteiger partial charge in [0, 0.05) is 5.02 Å². The third-order valence-electron chi connectivity index (χ3n) is 3.73. The number of rotatable bonds is 3. The fourth-order valence-electron chi connectivity index (χ4n) is 2.47. The Morgan fingerprint density at radius 3 is 2.52 bits per heavy atom. The van der Waals surface area contributed by atoms with Crippen LogP contribution in [0, 0.1) is 0 Å². The summed E-state index contributed by atoms with van der Waals surface area (Å²) in [7, 11) is 0. The van der Waals surface area contributed by atoms with Crippen LogP contribution in [0.1, 0.15) is 30.9 Å². The lowest BCUT2D eigenvalue weighted by atomic mass is 10.0. The van der Waals surface area contributed by atoms with Gasteiger partial charge in [-0.1, -0.05) is 49.7 Å². The van der Waals surface area contributed by atoms with Crippen molar-refractivity contribution in [3.05, 3.63) is 58.6 Å². The molecule has 0 bridgehead atoms. The Balaban J connectivity index is 1.97. The number of anilines is 1. The summed E-state index contributed by atoms with van der Waals surface area (Å²) in [6, 6.07) is 14.3. The minimum atomic E-state index is 0.514. The maximum Gasteiger partial charge on any atom is 0.201 e. The van der Waals surface area contributed by atoms with Crippen molar-refractivity contribution in [2.45, 2.75) is 26.3 Å². The van der Waals surface area contributed by atoms with Crippen molar-refractivity contribution in [3.63, 3.8) is 0 Å². The molecule has 0 unspecified atom stereocenters. The molecule has 0 spiro atoms. The highest BCUT2D eigenvalue weighted by atomic mass is 35.5. The van der Waals surface area contributed by atoms with Crippen LogP contribution in [0.4, 0.5) is 5.95 Å². The molecule has 21 heavy (non-hydrogen) atoms. The van der Waals surface area contributed by atoms with Crippen LogP contribution in [-0.4, -0.2) is 9.55 Å². The van der Waals surface area contributed by atoms with Gasteiger partial charge in [0.25, 0.3) is 0 Å². The number of fused-ring (bicyclic) bond motifs is 1. The minimum Gasteiger partial charge on any atom is -0.369 e. The average molecular weight is 300 g/mol. The quantitative estimate of drug-likeness (QED) is 0.777. The number of nitrogens with two attached hydrogens (primary N) is 1. The lowest BCUT2D eigenvalue weighted by Crippen LogP contribution is -2.04. The van der Waals surface area contributed by atoms with Gasteiger partial charge < -0.3 is 10.3 Å². The fraction of sp³-hybridized carbons (Fsp3) is 0.235. The highest BCUT2D eigenvalue weighted by Gasteiger charge is 2.09. The van der Waals surface area contributed by atoms with E-state index in [1.807, 2.05) is 22.8 Å². The summed E-state index contributed by atoms with van der Waals surface area (Å²) in [6.07, 6.45) is 0. The van der Waals surface area contributed by atoms with Crippen LogP contribution < -0.4 is 5.73 Å². The largest absolute Gasteiger partial charge is 0.369 e. The van der Waals surface area contributed by atoms with Crippen LogP contribution in [0.15, 0.2) is 42.5 Å². The van der Waals surface area contributed by atoms with Gasteiger partial charge in [0.1, 0.15) is 0 Å². The first kappa shape index (κ1) is 14.0. The van der Waals surface area contributed by atoms with Crippen LogP contribution in [0.5, 0.6) is 0 Å². The summed E-state index contributed by atoms with van der Waals surface area (Å²) in [5.41, 5.74) is 10.4. The average Bonchev–Trinajstić information content (AvgIpc) is 2.76. The molecule has 0 aliphatic carbocycles. The second kappa shape index (κ2) is 5.41. The zero-order valence-corrected chi connectivity index (χ0v) is 12.9. The monoisotopic (exact) mass is 299 g/mol. The molecule has 3 aromatic rings. The molecule has 0 aliphatic heterocycles. The number of imidazole rings is 1. The standard InChI is InChI=1S/C17H18ClN3/c1-11(2)13-5-3-12(4-6-13)10-21-16-9-14(18)7-8-15(16)20-17(21)19/h3-9,11H,10H2,1-2H3,(H2,19,20). The highest BCUT2D eigenvalue weighted by molar-refractivity contribution is 6.31. The fourth-order valence-corrected chi connectivity index (χ4v) is 2.64. The van der Waals surface area contributed by atoms with E-state index in [2.05, 4.69) is 43.1 Å².